The highest BCUT2D eigenvalue weighted by Crippen LogP contribution is 2.28. The first-order valence-electron chi connectivity index (χ1n) is 8.41. The van der Waals surface area contributed by atoms with Crippen LogP contribution in [0.1, 0.15) is 19.8 Å². The minimum Gasteiger partial charge on any atom is -0.465 e. The minimum atomic E-state index is -1.14. The van der Waals surface area contributed by atoms with E-state index in [4.69, 9.17) is 4.74 Å². The highest BCUT2D eigenvalue weighted by atomic mass is 16.5. The first-order valence-corrected chi connectivity index (χ1v) is 8.41. The van der Waals surface area contributed by atoms with Gasteiger partial charge in [-0.25, -0.2) is 4.79 Å². The van der Waals surface area contributed by atoms with E-state index in [0.717, 1.165) is 4.90 Å². The van der Waals surface area contributed by atoms with Gasteiger partial charge in [0.15, 0.2) is 0 Å². The number of likely N-dealkylation sites (tertiary alicyclic amines) is 1. The molecule has 1 fully saturated rings. The molecule has 2 amide bonds. The molecule has 0 spiro atoms. The SMILES string of the molecule is CCOC(=O)CN(C(=O)C1CCCN1C(=O)O)c1c[nH]c2cccnc12. The molecular weight excluding hydrogens is 340 g/mol. The van der Waals surface area contributed by atoms with Crippen LogP contribution in [-0.4, -0.2) is 63.7 Å². The molecule has 26 heavy (non-hydrogen) atoms. The monoisotopic (exact) mass is 360 g/mol. The lowest BCUT2D eigenvalue weighted by molar-refractivity contribution is -0.142. The summed E-state index contributed by atoms with van der Waals surface area (Å²) in [5, 5.41) is 9.33. The summed E-state index contributed by atoms with van der Waals surface area (Å²) in [5.74, 6) is -1.02. The van der Waals surface area contributed by atoms with Gasteiger partial charge in [-0.2, -0.15) is 0 Å². The largest absolute Gasteiger partial charge is 0.465 e. The van der Waals surface area contributed by atoms with Gasteiger partial charge in [0.05, 0.1) is 17.8 Å². The Balaban J connectivity index is 1.96. The molecule has 2 aromatic heterocycles. The van der Waals surface area contributed by atoms with E-state index >= 15 is 0 Å². The van der Waals surface area contributed by atoms with Crippen LogP contribution in [0.2, 0.25) is 0 Å². The van der Waals surface area contributed by atoms with Crippen molar-refractivity contribution >= 4 is 34.7 Å². The number of aromatic amines is 1. The van der Waals surface area contributed by atoms with Gasteiger partial charge in [-0.1, -0.05) is 0 Å². The highest BCUT2D eigenvalue weighted by molar-refractivity contribution is 6.07. The van der Waals surface area contributed by atoms with E-state index in [1.165, 1.54) is 4.90 Å². The smallest absolute Gasteiger partial charge is 0.407 e. The van der Waals surface area contributed by atoms with Crippen molar-refractivity contribution in [1.82, 2.24) is 14.9 Å². The maximum absolute atomic E-state index is 13.1. The molecule has 138 valence electrons. The molecule has 0 bridgehead atoms. The van der Waals surface area contributed by atoms with E-state index < -0.39 is 24.0 Å². The Kier molecular flexibility index (Phi) is 5.06. The number of rotatable bonds is 5. The first-order chi connectivity index (χ1) is 12.5. The van der Waals surface area contributed by atoms with Crippen LogP contribution in [0.5, 0.6) is 0 Å². The zero-order chi connectivity index (χ0) is 18.7. The number of carbonyl (C=O) groups is 3. The fraction of sp³-hybridized carbons (Fsp3) is 0.412. The number of aromatic nitrogens is 2. The molecule has 0 radical (unpaired) electrons. The summed E-state index contributed by atoms with van der Waals surface area (Å²) < 4.78 is 4.98. The third-order valence-corrected chi connectivity index (χ3v) is 4.35. The van der Waals surface area contributed by atoms with E-state index in [9.17, 15) is 19.5 Å². The van der Waals surface area contributed by atoms with Crippen LogP contribution in [0.15, 0.2) is 24.5 Å². The van der Waals surface area contributed by atoms with Gasteiger partial charge in [0, 0.05) is 18.9 Å². The topological polar surface area (TPSA) is 116 Å². The summed E-state index contributed by atoms with van der Waals surface area (Å²) in [6, 6.07) is 2.73. The number of hydrogen-bond acceptors (Lipinski definition) is 5. The normalized spacial score (nSPS) is 16.7. The molecule has 0 aromatic carbocycles. The van der Waals surface area contributed by atoms with Crippen LogP contribution in [0.4, 0.5) is 10.5 Å². The number of nitrogens with zero attached hydrogens (tertiary/aromatic N) is 3. The fourth-order valence-corrected chi connectivity index (χ4v) is 3.20. The predicted octanol–water partition coefficient (Wildman–Crippen LogP) is 1.60. The zero-order valence-corrected chi connectivity index (χ0v) is 14.3. The molecule has 1 aliphatic heterocycles. The van der Waals surface area contributed by atoms with Crippen molar-refractivity contribution in [3.8, 4) is 0 Å². The van der Waals surface area contributed by atoms with Crippen LogP contribution in [-0.2, 0) is 14.3 Å². The Morgan fingerprint density at radius 2 is 2.27 bits per heavy atom. The van der Waals surface area contributed by atoms with Crippen LogP contribution < -0.4 is 4.90 Å². The number of H-pyrrole nitrogens is 1. The van der Waals surface area contributed by atoms with Gasteiger partial charge in [0.2, 0.25) is 0 Å². The predicted molar refractivity (Wildman–Crippen MR) is 92.8 cm³/mol. The lowest BCUT2D eigenvalue weighted by atomic mass is 10.1. The van der Waals surface area contributed by atoms with Crippen molar-refractivity contribution in [2.75, 3.05) is 24.6 Å². The average molecular weight is 360 g/mol. The lowest BCUT2D eigenvalue weighted by Gasteiger charge is -2.27. The molecule has 1 unspecified atom stereocenters. The second-order valence-corrected chi connectivity index (χ2v) is 5.94. The number of pyridine rings is 1. The van der Waals surface area contributed by atoms with Gasteiger partial charge < -0.3 is 14.8 Å². The molecule has 9 heteroatoms. The third-order valence-electron chi connectivity index (χ3n) is 4.35. The average Bonchev–Trinajstić information content (AvgIpc) is 3.26. The number of fused-ring (bicyclic) bond motifs is 1. The molecule has 2 N–H and O–H groups in total. The maximum Gasteiger partial charge on any atom is 0.407 e. The number of amides is 2. The number of carbonyl (C=O) groups excluding carboxylic acids is 2. The van der Waals surface area contributed by atoms with Crippen molar-refractivity contribution in [2.24, 2.45) is 0 Å². The molecular formula is C17H20N4O5. The van der Waals surface area contributed by atoms with Gasteiger partial charge in [0.1, 0.15) is 18.1 Å². The molecule has 3 rings (SSSR count). The molecule has 1 aliphatic rings. The molecule has 0 aliphatic carbocycles. The van der Waals surface area contributed by atoms with Crippen molar-refractivity contribution in [3.05, 3.63) is 24.5 Å². The van der Waals surface area contributed by atoms with Gasteiger partial charge in [-0.15, -0.1) is 0 Å². The Labute approximate surface area is 149 Å². The quantitative estimate of drug-likeness (QED) is 0.783. The van der Waals surface area contributed by atoms with Gasteiger partial charge in [-0.3, -0.25) is 24.4 Å². The summed E-state index contributed by atoms with van der Waals surface area (Å²) >= 11 is 0. The highest BCUT2D eigenvalue weighted by Gasteiger charge is 2.38. The maximum atomic E-state index is 13.1. The van der Waals surface area contributed by atoms with Gasteiger partial charge >= 0.3 is 12.1 Å². The molecule has 9 nitrogen and oxygen atoms in total. The van der Waals surface area contributed by atoms with Crippen molar-refractivity contribution in [3.63, 3.8) is 0 Å². The van der Waals surface area contributed by atoms with Crippen LogP contribution in [0, 0.1) is 0 Å². The Bertz CT molecular complexity index is 833. The third kappa shape index (κ3) is 3.32. The molecule has 2 aromatic rings. The Morgan fingerprint density at radius 1 is 1.46 bits per heavy atom. The first kappa shape index (κ1) is 17.7. The van der Waals surface area contributed by atoms with E-state index in [1.54, 1.807) is 31.5 Å². The van der Waals surface area contributed by atoms with E-state index in [0.29, 0.717) is 36.1 Å². The summed E-state index contributed by atoms with van der Waals surface area (Å²) in [4.78, 5) is 46.2. The number of ether oxygens (including phenoxy) is 1. The summed E-state index contributed by atoms with van der Waals surface area (Å²) in [6.45, 7) is 1.86. The molecule has 1 atom stereocenters. The Morgan fingerprint density at radius 3 is 3.00 bits per heavy atom. The minimum absolute atomic E-state index is 0.192. The standard InChI is InChI=1S/C17H20N4O5/c1-2-26-14(22)10-21(13-9-19-11-5-3-7-18-15(11)13)16(23)12-6-4-8-20(12)17(24)25/h3,5,7,9,12,19H,2,4,6,8,10H2,1H3,(H,24,25). The van der Waals surface area contributed by atoms with E-state index in [2.05, 4.69) is 9.97 Å². The Hall–Kier alpha value is -3.10. The molecule has 1 saturated heterocycles. The number of anilines is 1. The van der Waals surface area contributed by atoms with Crippen LogP contribution in [0.3, 0.4) is 0 Å². The second-order valence-electron chi connectivity index (χ2n) is 5.94. The number of hydrogen-bond donors (Lipinski definition) is 2. The van der Waals surface area contributed by atoms with Gasteiger partial charge in [-0.05, 0) is 31.9 Å². The zero-order valence-electron chi connectivity index (χ0n) is 14.3. The number of carboxylic acid groups (broad SMARTS) is 1. The molecule has 3 heterocycles. The second kappa shape index (κ2) is 7.42. The van der Waals surface area contributed by atoms with Crippen LogP contribution in [0.25, 0.3) is 11.0 Å². The summed E-state index contributed by atoms with van der Waals surface area (Å²) in [6.07, 6.45) is 3.05. The summed E-state index contributed by atoms with van der Waals surface area (Å²) in [7, 11) is 0. The fourth-order valence-electron chi connectivity index (χ4n) is 3.20. The number of esters is 1. The van der Waals surface area contributed by atoms with E-state index in [-0.39, 0.29) is 13.2 Å². The van der Waals surface area contributed by atoms with E-state index in [1.807, 2.05) is 0 Å². The molecule has 0 saturated carbocycles. The van der Waals surface area contributed by atoms with Crippen molar-refractivity contribution < 1.29 is 24.2 Å². The summed E-state index contributed by atoms with van der Waals surface area (Å²) in [5.41, 5.74) is 1.67. The number of nitrogens with one attached hydrogen (secondary N) is 1. The van der Waals surface area contributed by atoms with Crippen molar-refractivity contribution in [1.29, 1.82) is 0 Å². The van der Waals surface area contributed by atoms with Crippen LogP contribution >= 0.6 is 0 Å². The van der Waals surface area contributed by atoms with Gasteiger partial charge in [0.25, 0.3) is 5.91 Å². The van der Waals surface area contributed by atoms with Crippen molar-refractivity contribution in [2.45, 2.75) is 25.8 Å². The lowest BCUT2D eigenvalue weighted by Crippen LogP contribution is -2.49.